The number of aromatic amines is 1. The van der Waals surface area contributed by atoms with Crippen molar-refractivity contribution in [1.82, 2.24) is 15.3 Å². The number of fused-ring (bicyclic) bond motifs is 1. The van der Waals surface area contributed by atoms with Gasteiger partial charge < -0.3 is 4.98 Å². The molecule has 0 aliphatic carbocycles. The van der Waals surface area contributed by atoms with E-state index in [0.29, 0.717) is 5.17 Å². The maximum Gasteiger partial charge on any atom is 0.183 e. The number of benzene rings is 2. The lowest BCUT2D eigenvalue weighted by molar-refractivity contribution is 1.28. The number of H-pyrrole nitrogens is 1. The number of hydrogen-bond donors (Lipinski definition) is 2. The molecule has 2 N–H and O–H groups in total. The van der Waals surface area contributed by atoms with E-state index in [2.05, 4.69) is 33.3 Å². The molecule has 3 rings (SSSR count). The summed E-state index contributed by atoms with van der Waals surface area (Å²) in [6.07, 6.45) is 3.76. The minimum atomic E-state index is 0.560. The van der Waals surface area contributed by atoms with E-state index in [0.717, 1.165) is 28.1 Å². The SMILES string of the molecule is CSC(=Nc1cccc(-c2nc3ccc(C)cc3[nH]2)c1)NC#N. The molecule has 0 saturated carbocycles. The first kappa shape index (κ1) is 15.1. The van der Waals surface area contributed by atoms with Crippen LogP contribution in [-0.4, -0.2) is 21.4 Å². The van der Waals surface area contributed by atoms with E-state index in [1.54, 1.807) is 0 Å². The zero-order chi connectivity index (χ0) is 16.2. The third-order valence-corrected chi connectivity index (χ3v) is 3.92. The van der Waals surface area contributed by atoms with E-state index in [4.69, 9.17) is 5.26 Å². The van der Waals surface area contributed by atoms with Gasteiger partial charge in [0.1, 0.15) is 5.82 Å². The van der Waals surface area contributed by atoms with Gasteiger partial charge in [0.15, 0.2) is 11.4 Å². The predicted molar refractivity (Wildman–Crippen MR) is 95.6 cm³/mol. The summed E-state index contributed by atoms with van der Waals surface area (Å²) in [6.45, 7) is 2.06. The van der Waals surface area contributed by atoms with Crippen LogP contribution in [0.4, 0.5) is 5.69 Å². The van der Waals surface area contributed by atoms with Gasteiger partial charge in [-0.15, -0.1) is 0 Å². The first-order chi connectivity index (χ1) is 11.2. The number of aliphatic imine (C=N–C) groups is 1. The van der Waals surface area contributed by atoms with Crippen LogP contribution in [0.1, 0.15) is 5.56 Å². The minimum absolute atomic E-state index is 0.560. The predicted octanol–water partition coefficient (Wildman–Crippen LogP) is 3.96. The molecule has 0 radical (unpaired) electrons. The second-order valence-corrected chi connectivity index (χ2v) is 5.81. The Morgan fingerprint density at radius 3 is 2.96 bits per heavy atom. The lowest BCUT2D eigenvalue weighted by atomic mass is 10.2. The molecular formula is C17H15N5S. The highest BCUT2D eigenvalue weighted by Crippen LogP contribution is 2.25. The quantitative estimate of drug-likeness (QED) is 0.324. The monoisotopic (exact) mass is 321 g/mol. The molecule has 0 unspecified atom stereocenters. The van der Waals surface area contributed by atoms with Crippen LogP contribution in [0.15, 0.2) is 47.5 Å². The number of hydrogen-bond acceptors (Lipinski definition) is 4. The molecule has 1 aromatic heterocycles. The van der Waals surface area contributed by atoms with Crippen LogP contribution in [0.5, 0.6) is 0 Å². The molecular weight excluding hydrogens is 306 g/mol. The molecule has 6 heteroatoms. The molecule has 23 heavy (non-hydrogen) atoms. The van der Waals surface area contributed by atoms with Gasteiger partial charge in [-0.1, -0.05) is 30.0 Å². The van der Waals surface area contributed by atoms with Crippen LogP contribution >= 0.6 is 11.8 Å². The Labute approximate surface area is 138 Å². The van der Waals surface area contributed by atoms with Gasteiger partial charge >= 0.3 is 0 Å². The van der Waals surface area contributed by atoms with E-state index in [-0.39, 0.29) is 0 Å². The van der Waals surface area contributed by atoms with Gasteiger partial charge in [0, 0.05) is 5.56 Å². The average molecular weight is 321 g/mol. The fraction of sp³-hybridized carbons (Fsp3) is 0.118. The maximum absolute atomic E-state index is 8.71. The normalized spacial score (nSPS) is 11.4. The Balaban J connectivity index is 1.99. The van der Waals surface area contributed by atoms with Crippen LogP contribution in [0.25, 0.3) is 22.4 Å². The van der Waals surface area contributed by atoms with E-state index >= 15 is 0 Å². The van der Waals surface area contributed by atoms with E-state index in [1.165, 1.54) is 17.3 Å². The number of aromatic nitrogens is 2. The number of aryl methyl sites for hydroxylation is 1. The summed E-state index contributed by atoms with van der Waals surface area (Å²) >= 11 is 1.39. The molecule has 0 saturated heterocycles. The molecule has 5 nitrogen and oxygen atoms in total. The van der Waals surface area contributed by atoms with Crippen LogP contribution < -0.4 is 5.32 Å². The largest absolute Gasteiger partial charge is 0.338 e. The summed E-state index contributed by atoms with van der Waals surface area (Å²) in [6, 6.07) is 13.9. The Kier molecular flexibility index (Phi) is 4.31. The smallest absolute Gasteiger partial charge is 0.183 e. The van der Waals surface area contributed by atoms with Gasteiger partial charge in [-0.05, 0) is 43.0 Å². The first-order valence-electron chi connectivity index (χ1n) is 7.04. The van der Waals surface area contributed by atoms with Crippen LogP contribution in [-0.2, 0) is 0 Å². The summed E-state index contributed by atoms with van der Waals surface area (Å²) < 4.78 is 0. The van der Waals surface area contributed by atoms with Gasteiger partial charge in [-0.25, -0.2) is 9.98 Å². The van der Waals surface area contributed by atoms with Crippen molar-refractivity contribution >= 4 is 33.7 Å². The number of nitriles is 1. The summed E-state index contributed by atoms with van der Waals surface area (Å²) in [7, 11) is 0. The lowest BCUT2D eigenvalue weighted by Gasteiger charge is -2.01. The molecule has 0 aliphatic rings. The second kappa shape index (κ2) is 6.55. The highest BCUT2D eigenvalue weighted by molar-refractivity contribution is 8.13. The van der Waals surface area contributed by atoms with Crippen LogP contribution in [0.2, 0.25) is 0 Å². The summed E-state index contributed by atoms with van der Waals surface area (Å²) in [4.78, 5) is 12.4. The number of amidine groups is 1. The topological polar surface area (TPSA) is 76.9 Å². The lowest BCUT2D eigenvalue weighted by Crippen LogP contribution is -2.12. The summed E-state index contributed by atoms with van der Waals surface area (Å²) in [5.41, 5.74) is 4.88. The molecule has 0 spiro atoms. The van der Waals surface area contributed by atoms with Crippen LogP contribution in [0.3, 0.4) is 0 Å². The highest BCUT2D eigenvalue weighted by atomic mass is 32.2. The number of nitrogens with one attached hydrogen (secondary N) is 2. The second-order valence-electron chi connectivity index (χ2n) is 5.01. The molecule has 0 bridgehead atoms. The Bertz CT molecular complexity index is 920. The van der Waals surface area contributed by atoms with Gasteiger partial charge in [0.25, 0.3) is 0 Å². The first-order valence-corrected chi connectivity index (χ1v) is 8.26. The minimum Gasteiger partial charge on any atom is -0.338 e. The molecule has 0 atom stereocenters. The number of thioether (sulfide) groups is 1. The van der Waals surface area contributed by atoms with Gasteiger partial charge in [-0.3, -0.25) is 5.32 Å². The molecule has 0 fully saturated rings. The third kappa shape index (κ3) is 3.35. The Hall–Kier alpha value is -2.78. The van der Waals surface area contributed by atoms with Crippen molar-refractivity contribution in [3.63, 3.8) is 0 Å². The van der Waals surface area contributed by atoms with Crippen molar-refractivity contribution in [2.75, 3.05) is 6.26 Å². The van der Waals surface area contributed by atoms with Crippen molar-refractivity contribution in [1.29, 1.82) is 5.26 Å². The van der Waals surface area contributed by atoms with Crippen molar-refractivity contribution in [3.05, 3.63) is 48.0 Å². The fourth-order valence-electron chi connectivity index (χ4n) is 2.27. The van der Waals surface area contributed by atoms with E-state index < -0.39 is 0 Å². The highest BCUT2D eigenvalue weighted by Gasteiger charge is 2.06. The number of nitrogens with zero attached hydrogens (tertiary/aromatic N) is 3. The van der Waals surface area contributed by atoms with E-state index in [9.17, 15) is 0 Å². The molecule has 0 amide bonds. The third-order valence-electron chi connectivity index (χ3n) is 3.34. The van der Waals surface area contributed by atoms with Gasteiger partial charge in [0.2, 0.25) is 0 Å². The standard InChI is InChI=1S/C17H15N5S/c1-11-6-7-14-15(8-11)22-16(21-14)12-4-3-5-13(9-12)20-17(23-2)19-10-18/h3-9H,1-2H3,(H,19,20)(H,21,22). The molecule has 1 heterocycles. The summed E-state index contributed by atoms with van der Waals surface area (Å²) in [5, 5.41) is 11.8. The summed E-state index contributed by atoms with van der Waals surface area (Å²) in [5.74, 6) is 0.807. The van der Waals surface area contributed by atoms with Crippen molar-refractivity contribution in [3.8, 4) is 17.6 Å². The zero-order valence-corrected chi connectivity index (χ0v) is 13.6. The number of rotatable bonds is 2. The molecule has 0 aliphatic heterocycles. The fourth-order valence-corrected chi connectivity index (χ4v) is 2.62. The molecule has 3 aromatic rings. The number of imidazole rings is 1. The Morgan fingerprint density at radius 1 is 1.30 bits per heavy atom. The van der Waals surface area contributed by atoms with Gasteiger partial charge in [0.05, 0.1) is 16.7 Å². The molecule has 2 aromatic carbocycles. The van der Waals surface area contributed by atoms with Crippen LogP contribution in [0, 0.1) is 18.4 Å². The Morgan fingerprint density at radius 2 is 2.17 bits per heavy atom. The zero-order valence-electron chi connectivity index (χ0n) is 12.8. The van der Waals surface area contributed by atoms with Crippen molar-refractivity contribution in [2.24, 2.45) is 4.99 Å². The van der Waals surface area contributed by atoms with Crippen molar-refractivity contribution in [2.45, 2.75) is 6.92 Å². The maximum atomic E-state index is 8.71. The molecule has 114 valence electrons. The van der Waals surface area contributed by atoms with Gasteiger partial charge in [-0.2, -0.15) is 5.26 Å². The van der Waals surface area contributed by atoms with E-state index in [1.807, 2.05) is 48.8 Å². The average Bonchev–Trinajstić information content (AvgIpc) is 2.98. The van der Waals surface area contributed by atoms with Crippen molar-refractivity contribution < 1.29 is 0 Å².